The number of carbonyl (C=O) groups is 1. The topological polar surface area (TPSA) is 50.4 Å². The molecule has 0 saturated heterocycles. The maximum atomic E-state index is 13.7. The van der Waals surface area contributed by atoms with Crippen LogP contribution in [0, 0.1) is 22.7 Å². The SMILES string of the molecule is COCCNCCNC(=O)C12CC3CC(C1)CC(C(F)(F)F)(C3)C2. The molecule has 0 aliphatic heterocycles. The number of ether oxygens (including phenoxy) is 1. The molecule has 4 rings (SSSR count). The van der Waals surface area contributed by atoms with E-state index >= 15 is 0 Å². The van der Waals surface area contributed by atoms with E-state index in [9.17, 15) is 18.0 Å². The lowest BCUT2D eigenvalue weighted by atomic mass is 9.43. The van der Waals surface area contributed by atoms with Crippen molar-refractivity contribution in [3.8, 4) is 0 Å². The predicted molar refractivity (Wildman–Crippen MR) is 83.4 cm³/mol. The van der Waals surface area contributed by atoms with Gasteiger partial charge in [-0.05, 0) is 50.4 Å². The summed E-state index contributed by atoms with van der Waals surface area (Å²) in [4.78, 5) is 12.7. The van der Waals surface area contributed by atoms with E-state index in [0.717, 1.165) is 6.42 Å². The third-order valence-electron chi connectivity index (χ3n) is 6.21. The van der Waals surface area contributed by atoms with Crippen LogP contribution in [-0.2, 0) is 9.53 Å². The highest BCUT2D eigenvalue weighted by Crippen LogP contribution is 2.69. The minimum Gasteiger partial charge on any atom is -0.383 e. The third kappa shape index (κ3) is 3.17. The Kier molecular flexibility index (Phi) is 4.86. The predicted octanol–water partition coefficient (Wildman–Crippen LogP) is 2.49. The van der Waals surface area contributed by atoms with Gasteiger partial charge in [0.05, 0.1) is 17.4 Å². The highest BCUT2D eigenvalue weighted by atomic mass is 19.4. The molecule has 4 aliphatic carbocycles. The Balaban J connectivity index is 1.61. The first kappa shape index (κ1) is 18.0. The average molecular weight is 348 g/mol. The van der Waals surface area contributed by atoms with Gasteiger partial charge in [-0.15, -0.1) is 0 Å². The van der Waals surface area contributed by atoms with Gasteiger partial charge in [-0.2, -0.15) is 13.2 Å². The Labute approximate surface area is 140 Å². The van der Waals surface area contributed by atoms with E-state index in [-0.39, 0.29) is 37.0 Å². The summed E-state index contributed by atoms with van der Waals surface area (Å²) in [5.41, 5.74) is -2.42. The van der Waals surface area contributed by atoms with Crippen LogP contribution in [0.5, 0.6) is 0 Å². The number of methoxy groups -OCH3 is 1. The Morgan fingerprint density at radius 2 is 1.79 bits per heavy atom. The number of carbonyl (C=O) groups excluding carboxylic acids is 1. The largest absolute Gasteiger partial charge is 0.394 e. The zero-order valence-corrected chi connectivity index (χ0v) is 14.2. The van der Waals surface area contributed by atoms with E-state index in [2.05, 4.69) is 10.6 Å². The monoisotopic (exact) mass is 348 g/mol. The van der Waals surface area contributed by atoms with Crippen LogP contribution in [0.4, 0.5) is 13.2 Å². The third-order valence-corrected chi connectivity index (χ3v) is 6.21. The second kappa shape index (κ2) is 6.48. The van der Waals surface area contributed by atoms with E-state index in [4.69, 9.17) is 4.74 Å². The van der Waals surface area contributed by atoms with E-state index < -0.39 is 17.0 Å². The normalized spacial score (nSPS) is 37.7. The van der Waals surface area contributed by atoms with Crippen molar-refractivity contribution in [3.63, 3.8) is 0 Å². The number of nitrogens with one attached hydrogen (secondary N) is 2. The van der Waals surface area contributed by atoms with Gasteiger partial charge in [0.25, 0.3) is 0 Å². The molecule has 4 fully saturated rings. The van der Waals surface area contributed by atoms with E-state index in [1.807, 2.05) is 0 Å². The summed E-state index contributed by atoms with van der Waals surface area (Å²) in [6.45, 7) is 2.33. The molecule has 4 bridgehead atoms. The van der Waals surface area contributed by atoms with Crippen LogP contribution in [0.1, 0.15) is 38.5 Å². The maximum absolute atomic E-state index is 13.7. The summed E-state index contributed by atoms with van der Waals surface area (Å²) in [6, 6.07) is 0. The Hall–Kier alpha value is -0.820. The van der Waals surface area contributed by atoms with Gasteiger partial charge in [0.2, 0.25) is 5.91 Å². The van der Waals surface area contributed by atoms with Crippen LogP contribution in [0.15, 0.2) is 0 Å². The van der Waals surface area contributed by atoms with Crippen molar-refractivity contribution in [2.24, 2.45) is 22.7 Å². The lowest BCUT2D eigenvalue weighted by molar-refractivity contribution is -0.283. The summed E-state index contributed by atoms with van der Waals surface area (Å²) in [5, 5.41) is 6.00. The second-order valence-electron chi connectivity index (χ2n) is 8.02. The highest BCUT2D eigenvalue weighted by molar-refractivity contribution is 5.83. The molecular formula is C17H27F3N2O2. The number of amides is 1. The van der Waals surface area contributed by atoms with Crippen molar-refractivity contribution in [2.75, 3.05) is 33.4 Å². The van der Waals surface area contributed by atoms with Crippen molar-refractivity contribution >= 4 is 5.91 Å². The van der Waals surface area contributed by atoms with Gasteiger partial charge in [-0.3, -0.25) is 4.79 Å². The molecule has 2 atom stereocenters. The van der Waals surface area contributed by atoms with Gasteiger partial charge in [-0.1, -0.05) is 0 Å². The summed E-state index contributed by atoms with van der Waals surface area (Å²) < 4.78 is 46.0. The minimum atomic E-state index is -4.20. The number of halogens is 3. The number of rotatable bonds is 7. The Bertz CT molecular complexity index is 467. The summed E-state index contributed by atoms with van der Waals surface area (Å²) in [6.07, 6.45) is -1.64. The molecule has 7 heteroatoms. The molecular weight excluding hydrogens is 321 g/mol. The molecule has 4 aliphatic rings. The number of alkyl halides is 3. The molecule has 2 N–H and O–H groups in total. The van der Waals surface area contributed by atoms with Gasteiger partial charge in [-0.25, -0.2) is 0 Å². The van der Waals surface area contributed by atoms with Gasteiger partial charge in [0.1, 0.15) is 0 Å². The number of hydrogen-bond donors (Lipinski definition) is 2. The van der Waals surface area contributed by atoms with Crippen molar-refractivity contribution < 1.29 is 22.7 Å². The zero-order chi connectivity index (χ0) is 17.4. The zero-order valence-electron chi connectivity index (χ0n) is 14.2. The standard InChI is InChI=1S/C17H27F3N2O2/c1-24-5-4-21-2-3-22-14(23)15-7-12-6-13(8-15)10-16(9-12,11-15)17(18,19)20/h12-13,21H,2-11H2,1H3,(H,22,23). The quantitative estimate of drug-likeness (QED) is 0.695. The van der Waals surface area contributed by atoms with Crippen LogP contribution < -0.4 is 10.6 Å². The van der Waals surface area contributed by atoms with Crippen LogP contribution in [-0.4, -0.2) is 45.4 Å². The molecule has 4 nitrogen and oxygen atoms in total. The minimum absolute atomic E-state index is 0.0144. The van der Waals surface area contributed by atoms with Crippen molar-refractivity contribution in [1.29, 1.82) is 0 Å². The first-order valence-electron chi connectivity index (χ1n) is 8.85. The van der Waals surface area contributed by atoms with Gasteiger partial charge >= 0.3 is 6.18 Å². The van der Waals surface area contributed by atoms with E-state index in [0.29, 0.717) is 39.1 Å². The molecule has 0 aromatic rings. The van der Waals surface area contributed by atoms with Gasteiger partial charge in [0.15, 0.2) is 0 Å². The molecule has 138 valence electrons. The molecule has 4 saturated carbocycles. The lowest BCUT2D eigenvalue weighted by Crippen LogP contribution is -2.61. The Morgan fingerprint density at radius 3 is 2.38 bits per heavy atom. The fraction of sp³-hybridized carbons (Fsp3) is 0.941. The molecule has 0 aromatic heterocycles. The van der Waals surface area contributed by atoms with Crippen LogP contribution in [0.3, 0.4) is 0 Å². The molecule has 0 spiro atoms. The smallest absolute Gasteiger partial charge is 0.383 e. The molecule has 0 radical (unpaired) electrons. The average Bonchev–Trinajstić information content (AvgIpc) is 2.48. The van der Waals surface area contributed by atoms with Crippen LogP contribution in [0.2, 0.25) is 0 Å². The summed E-state index contributed by atoms with van der Waals surface area (Å²) >= 11 is 0. The van der Waals surface area contributed by atoms with Gasteiger partial charge < -0.3 is 15.4 Å². The lowest BCUT2D eigenvalue weighted by Gasteiger charge is -2.61. The first-order valence-corrected chi connectivity index (χ1v) is 8.85. The molecule has 2 unspecified atom stereocenters. The number of hydrogen-bond acceptors (Lipinski definition) is 3. The van der Waals surface area contributed by atoms with Crippen molar-refractivity contribution in [3.05, 3.63) is 0 Å². The molecule has 1 amide bonds. The highest BCUT2D eigenvalue weighted by Gasteiger charge is 2.68. The van der Waals surface area contributed by atoms with Crippen molar-refractivity contribution in [2.45, 2.75) is 44.7 Å². The first-order chi connectivity index (χ1) is 11.3. The van der Waals surface area contributed by atoms with Gasteiger partial charge in [0, 0.05) is 26.7 Å². The fourth-order valence-corrected chi connectivity index (χ4v) is 5.61. The maximum Gasteiger partial charge on any atom is 0.394 e. The summed E-state index contributed by atoms with van der Waals surface area (Å²) in [5.74, 6) is -0.0596. The molecule has 24 heavy (non-hydrogen) atoms. The van der Waals surface area contributed by atoms with Crippen molar-refractivity contribution in [1.82, 2.24) is 10.6 Å². The fourth-order valence-electron chi connectivity index (χ4n) is 5.61. The molecule has 0 aromatic carbocycles. The summed E-state index contributed by atoms with van der Waals surface area (Å²) in [7, 11) is 1.62. The molecule has 0 heterocycles. The van der Waals surface area contributed by atoms with E-state index in [1.54, 1.807) is 7.11 Å². The van der Waals surface area contributed by atoms with Crippen LogP contribution in [0.25, 0.3) is 0 Å². The Morgan fingerprint density at radius 1 is 1.12 bits per heavy atom. The van der Waals surface area contributed by atoms with Crippen LogP contribution >= 0.6 is 0 Å². The second-order valence-corrected chi connectivity index (χ2v) is 8.02. The van der Waals surface area contributed by atoms with E-state index in [1.165, 1.54) is 0 Å².